The molecule has 1 rings (SSSR count). The van der Waals surface area contributed by atoms with E-state index in [0.717, 1.165) is 15.4 Å². The van der Waals surface area contributed by atoms with Gasteiger partial charge in [0.2, 0.25) is 20.0 Å². The minimum absolute atomic E-state index is 0.0327. The van der Waals surface area contributed by atoms with Crippen molar-refractivity contribution in [2.75, 3.05) is 32.1 Å². The van der Waals surface area contributed by atoms with Gasteiger partial charge in [-0.25, -0.2) is 25.9 Å². The van der Waals surface area contributed by atoms with Gasteiger partial charge in [-0.1, -0.05) is 0 Å². The Morgan fingerprint density at radius 1 is 1.14 bits per heavy atom. The number of nitrogens with two attached hydrogens (primary N) is 1. The molecule has 0 radical (unpaired) electrons. The lowest BCUT2D eigenvalue weighted by Gasteiger charge is -2.13. The van der Waals surface area contributed by atoms with Crippen LogP contribution < -0.4 is 10.5 Å². The van der Waals surface area contributed by atoms with Crippen LogP contribution in [0.4, 0.5) is 5.69 Å². The van der Waals surface area contributed by atoms with Crippen molar-refractivity contribution in [1.82, 2.24) is 9.03 Å². The Morgan fingerprint density at radius 3 is 2.19 bits per heavy atom. The monoisotopic (exact) mass is 335 g/mol. The number of nitrogen functional groups attached to an aromatic ring is 1. The van der Waals surface area contributed by atoms with Gasteiger partial charge >= 0.3 is 0 Å². The van der Waals surface area contributed by atoms with Crippen molar-refractivity contribution in [3.05, 3.63) is 23.3 Å². The van der Waals surface area contributed by atoms with Crippen LogP contribution in [0.1, 0.15) is 11.1 Å². The van der Waals surface area contributed by atoms with E-state index < -0.39 is 20.0 Å². The van der Waals surface area contributed by atoms with E-state index >= 15 is 0 Å². The number of hydrogen-bond donors (Lipinski definition) is 2. The Balaban J connectivity index is 2.89. The highest BCUT2D eigenvalue weighted by molar-refractivity contribution is 7.90. The Kier molecular flexibility index (Phi) is 5.37. The van der Waals surface area contributed by atoms with Gasteiger partial charge in [0.25, 0.3) is 0 Å². The van der Waals surface area contributed by atoms with Gasteiger partial charge in [0.05, 0.1) is 10.6 Å². The highest BCUT2D eigenvalue weighted by Crippen LogP contribution is 2.21. The summed E-state index contributed by atoms with van der Waals surface area (Å²) in [6, 6.07) is 2.87. The summed E-state index contributed by atoms with van der Waals surface area (Å²) in [5.74, 6) is -0.306. The maximum absolute atomic E-state index is 12.1. The van der Waals surface area contributed by atoms with Gasteiger partial charge in [0.1, 0.15) is 0 Å². The van der Waals surface area contributed by atoms with Crippen LogP contribution in [-0.4, -0.2) is 47.5 Å². The molecule has 0 aliphatic rings. The molecule has 0 spiro atoms. The first-order valence-corrected chi connectivity index (χ1v) is 9.33. The zero-order valence-electron chi connectivity index (χ0n) is 12.5. The first-order chi connectivity index (χ1) is 9.47. The summed E-state index contributed by atoms with van der Waals surface area (Å²) in [4.78, 5) is 0.0327. The van der Waals surface area contributed by atoms with Crippen LogP contribution in [0.3, 0.4) is 0 Å². The van der Waals surface area contributed by atoms with Crippen LogP contribution in [0.25, 0.3) is 0 Å². The Hall–Kier alpha value is -1.16. The SMILES string of the molecule is Cc1cc(S(=O)(=O)NCCS(=O)(=O)N(C)C)cc(N)c1C. The lowest BCUT2D eigenvalue weighted by atomic mass is 10.1. The molecule has 1 aromatic rings. The van der Waals surface area contributed by atoms with Crippen LogP contribution >= 0.6 is 0 Å². The largest absolute Gasteiger partial charge is 0.398 e. The molecule has 0 amide bonds. The molecule has 0 bridgehead atoms. The smallest absolute Gasteiger partial charge is 0.240 e. The number of benzene rings is 1. The number of aryl methyl sites for hydroxylation is 1. The molecule has 0 atom stereocenters. The minimum atomic E-state index is -3.78. The Labute approximate surface area is 126 Å². The van der Waals surface area contributed by atoms with Crippen molar-refractivity contribution in [3.8, 4) is 0 Å². The highest BCUT2D eigenvalue weighted by Gasteiger charge is 2.19. The molecule has 9 heteroatoms. The van der Waals surface area contributed by atoms with E-state index in [2.05, 4.69) is 4.72 Å². The minimum Gasteiger partial charge on any atom is -0.398 e. The molecule has 0 saturated carbocycles. The summed E-state index contributed by atoms with van der Waals surface area (Å²) in [7, 11) is -4.43. The van der Waals surface area contributed by atoms with E-state index in [-0.39, 0.29) is 17.2 Å². The van der Waals surface area contributed by atoms with Crippen LogP contribution in [0.5, 0.6) is 0 Å². The van der Waals surface area contributed by atoms with E-state index in [1.54, 1.807) is 13.8 Å². The van der Waals surface area contributed by atoms with Crippen molar-refractivity contribution in [2.24, 2.45) is 0 Å². The number of nitrogens with one attached hydrogen (secondary N) is 1. The van der Waals surface area contributed by atoms with Gasteiger partial charge < -0.3 is 5.73 Å². The van der Waals surface area contributed by atoms with E-state index in [9.17, 15) is 16.8 Å². The fraction of sp³-hybridized carbons (Fsp3) is 0.500. The van der Waals surface area contributed by atoms with Crippen LogP contribution in [0.15, 0.2) is 17.0 Å². The van der Waals surface area contributed by atoms with Gasteiger partial charge in [-0.15, -0.1) is 0 Å². The topological polar surface area (TPSA) is 110 Å². The first kappa shape index (κ1) is 17.9. The average molecular weight is 335 g/mol. The third-order valence-electron chi connectivity index (χ3n) is 3.20. The molecule has 0 heterocycles. The molecular weight excluding hydrogens is 314 g/mol. The summed E-state index contributed by atoms with van der Waals surface area (Å²) in [5, 5.41) is 0. The molecule has 0 fully saturated rings. The van der Waals surface area contributed by atoms with Gasteiger partial charge in [0.15, 0.2) is 0 Å². The molecule has 7 nitrogen and oxygen atoms in total. The van der Waals surface area contributed by atoms with Gasteiger partial charge in [-0.3, -0.25) is 0 Å². The third-order valence-corrected chi connectivity index (χ3v) is 6.47. The lowest BCUT2D eigenvalue weighted by Crippen LogP contribution is -2.34. The second kappa shape index (κ2) is 6.30. The molecule has 0 aromatic heterocycles. The van der Waals surface area contributed by atoms with E-state index in [0.29, 0.717) is 5.69 Å². The third kappa shape index (κ3) is 4.40. The normalized spacial score (nSPS) is 12.8. The van der Waals surface area contributed by atoms with E-state index in [1.807, 2.05) is 0 Å². The fourth-order valence-electron chi connectivity index (χ4n) is 1.58. The number of hydrogen-bond acceptors (Lipinski definition) is 5. The van der Waals surface area contributed by atoms with Crippen molar-refractivity contribution >= 4 is 25.7 Å². The zero-order valence-corrected chi connectivity index (χ0v) is 14.2. The second-order valence-corrected chi connectivity index (χ2v) is 9.02. The molecular formula is C12H21N3O4S2. The summed E-state index contributed by atoms with van der Waals surface area (Å²) < 4.78 is 50.7. The fourth-order valence-corrected chi connectivity index (χ4v) is 3.58. The number of rotatable bonds is 6. The molecule has 0 aliphatic heterocycles. The van der Waals surface area contributed by atoms with Gasteiger partial charge in [-0.2, -0.15) is 0 Å². The summed E-state index contributed by atoms with van der Waals surface area (Å²) in [6.07, 6.45) is 0. The highest BCUT2D eigenvalue weighted by atomic mass is 32.2. The molecule has 0 aliphatic carbocycles. The summed E-state index contributed by atoms with van der Waals surface area (Å²) >= 11 is 0. The summed E-state index contributed by atoms with van der Waals surface area (Å²) in [5.41, 5.74) is 7.73. The molecule has 0 unspecified atom stereocenters. The number of sulfonamides is 2. The number of nitrogens with zero attached hydrogens (tertiary/aromatic N) is 1. The van der Waals surface area contributed by atoms with Crippen molar-refractivity contribution in [3.63, 3.8) is 0 Å². The maximum Gasteiger partial charge on any atom is 0.240 e. The average Bonchev–Trinajstić information content (AvgIpc) is 2.34. The predicted molar refractivity (Wildman–Crippen MR) is 83.0 cm³/mol. The molecule has 120 valence electrons. The Morgan fingerprint density at radius 2 is 1.71 bits per heavy atom. The summed E-state index contributed by atoms with van der Waals surface area (Å²) in [6.45, 7) is 3.37. The van der Waals surface area contributed by atoms with Crippen molar-refractivity contribution < 1.29 is 16.8 Å². The zero-order chi connectivity index (χ0) is 16.4. The van der Waals surface area contributed by atoms with Crippen LogP contribution in [0, 0.1) is 13.8 Å². The van der Waals surface area contributed by atoms with E-state index in [4.69, 9.17) is 5.73 Å². The Bertz CT molecular complexity index is 702. The van der Waals surface area contributed by atoms with Crippen LogP contribution in [-0.2, 0) is 20.0 Å². The quantitative estimate of drug-likeness (QED) is 0.714. The molecule has 1 aromatic carbocycles. The van der Waals surface area contributed by atoms with Crippen molar-refractivity contribution in [2.45, 2.75) is 18.7 Å². The van der Waals surface area contributed by atoms with Gasteiger partial charge in [-0.05, 0) is 37.1 Å². The van der Waals surface area contributed by atoms with Crippen molar-refractivity contribution in [1.29, 1.82) is 0 Å². The lowest BCUT2D eigenvalue weighted by molar-refractivity contribution is 0.519. The molecule has 21 heavy (non-hydrogen) atoms. The van der Waals surface area contributed by atoms with Crippen LogP contribution in [0.2, 0.25) is 0 Å². The second-order valence-electron chi connectivity index (χ2n) is 4.95. The first-order valence-electron chi connectivity index (χ1n) is 6.24. The predicted octanol–water partition coefficient (Wildman–Crippen LogP) is 0.0553. The van der Waals surface area contributed by atoms with Gasteiger partial charge in [0, 0.05) is 26.3 Å². The molecule has 0 saturated heterocycles. The number of anilines is 1. The molecule has 3 N–H and O–H groups in total. The standard InChI is InChI=1S/C12H21N3O4S2/c1-9-7-11(8-12(13)10(9)2)21(18,19)14-5-6-20(16,17)15(3)4/h7-8,14H,5-6,13H2,1-4H3. The maximum atomic E-state index is 12.1. The van der Waals surface area contributed by atoms with E-state index in [1.165, 1.54) is 26.2 Å².